The van der Waals surface area contributed by atoms with Gasteiger partial charge in [-0.1, -0.05) is 68.1 Å². The number of hydrogen-bond donors (Lipinski definition) is 1. The lowest BCUT2D eigenvalue weighted by molar-refractivity contribution is 0.0103. The largest absolute Gasteiger partial charge is 0.373 e. The van der Waals surface area contributed by atoms with Crippen LogP contribution in [0.4, 0.5) is 0 Å². The van der Waals surface area contributed by atoms with Crippen molar-refractivity contribution >= 4 is 42.2 Å². The fourth-order valence-corrected chi connectivity index (χ4v) is 4.74. The first-order valence-electron chi connectivity index (χ1n) is 12.4. The van der Waals surface area contributed by atoms with E-state index in [1.54, 1.807) is 0 Å². The molecule has 224 valence electrons. The number of ether oxygens (including phenoxy) is 2. The first-order valence-corrected chi connectivity index (χ1v) is 16.9. The average molecular weight is 628 g/mol. The van der Waals surface area contributed by atoms with Crippen LogP contribution in [0.25, 0.3) is 0 Å². The van der Waals surface area contributed by atoms with Crippen LogP contribution in [0, 0.1) is 0 Å². The lowest BCUT2D eigenvalue weighted by Gasteiger charge is -2.30. The molecule has 0 aromatic heterocycles. The van der Waals surface area contributed by atoms with E-state index in [0.717, 1.165) is 57.2 Å². The van der Waals surface area contributed by atoms with Crippen molar-refractivity contribution in [2.24, 2.45) is 0 Å². The van der Waals surface area contributed by atoms with Crippen molar-refractivity contribution in [1.82, 2.24) is 9.62 Å². The van der Waals surface area contributed by atoms with E-state index >= 15 is 0 Å². The lowest BCUT2D eigenvalue weighted by Crippen LogP contribution is -2.40. The SMILES string of the molecule is C.CS(=O)(=O)Cl.CS(=O)(=O)N1CCC(OCc2ccccc2)CC1.Cl.c1ccc(COC2CCNCC2)cc1. The fourth-order valence-electron chi connectivity index (χ4n) is 3.87. The number of nitrogens with zero attached hydrogens (tertiary/aromatic N) is 1. The highest BCUT2D eigenvalue weighted by Gasteiger charge is 2.25. The van der Waals surface area contributed by atoms with Gasteiger partial charge in [-0.2, -0.15) is 0 Å². The van der Waals surface area contributed by atoms with Gasteiger partial charge in [0.05, 0.1) is 37.9 Å². The number of hydrogen-bond acceptors (Lipinski definition) is 7. The molecular weight excluding hydrogens is 583 g/mol. The van der Waals surface area contributed by atoms with Crippen molar-refractivity contribution in [2.45, 2.75) is 58.5 Å². The molecule has 2 aromatic carbocycles. The van der Waals surface area contributed by atoms with Crippen molar-refractivity contribution in [2.75, 3.05) is 38.7 Å². The van der Waals surface area contributed by atoms with E-state index < -0.39 is 19.1 Å². The Morgan fingerprint density at radius 3 is 1.49 bits per heavy atom. The van der Waals surface area contributed by atoms with Gasteiger partial charge in [0.15, 0.2) is 0 Å². The number of benzene rings is 2. The highest BCUT2D eigenvalue weighted by Crippen LogP contribution is 2.17. The molecule has 2 heterocycles. The Morgan fingerprint density at radius 2 is 1.13 bits per heavy atom. The summed E-state index contributed by atoms with van der Waals surface area (Å²) in [7, 11) is -1.73. The van der Waals surface area contributed by atoms with Crippen LogP contribution < -0.4 is 5.32 Å². The minimum absolute atomic E-state index is 0. The molecule has 0 atom stereocenters. The van der Waals surface area contributed by atoms with Crippen LogP contribution in [0.3, 0.4) is 0 Å². The Bertz CT molecular complexity index is 1090. The third-order valence-corrected chi connectivity index (χ3v) is 7.12. The van der Waals surface area contributed by atoms with Crippen LogP contribution in [-0.4, -0.2) is 72.0 Å². The molecule has 2 fully saturated rings. The third-order valence-electron chi connectivity index (χ3n) is 5.81. The summed E-state index contributed by atoms with van der Waals surface area (Å²) in [6.45, 7) is 4.69. The Hall–Kier alpha value is -1.24. The zero-order valence-corrected chi connectivity index (χ0v) is 25.2. The summed E-state index contributed by atoms with van der Waals surface area (Å²) in [5.41, 5.74) is 2.43. The van der Waals surface area contributed by atoms with Gasteiger partial charge in [-0.05, 0) is 49.9 Å². The zero-order chi connectivity index (χ0) is 27.2. The maximum absolute atomic E-state index is 11.4. The van der Waals surface area contributed by atoms with E-state index in [0.29, 0.717) is 25.8 Å². The molecule has 0 bridgehead atoms. The van der Waals surface area contributed by atoms with Crippen LogP contribution in [-0.2, 0) is 41.8 Å². The van der Waals surface area contributed by atoms with Gasteiger partial charge in [0.2, 0.25) is 19.1 Å². The molecule has 8 nitrogen and oxygen atoms in total. The predicted molar refractivity (Wildman–Crippen MR) is 162 cm³/mol. The van der Waals surface area contributed by atoms with E-state index in [4.69, 9.17) is 9.47 Å². The number of sulfonamides is 1. The Balaban J connectivity index is 0.000000617. The van der Waals surface area contributed by atoms with Crippen molar-refractivity contribution in [3.63, 3.8) is 0 Å². The van der Waals surface area contributed by atoms with Gasteiger partial charge in [0.1, 0.15) is 0 Å². The van der Waals surface area contributed by atoms with Gasteiger partial charge in [0.25, 0.3) is 0 Å². The summed E-state index contributed by atoms with van der Waals surface area (Å²) in [6, 6.07) is 20.4. The summed E-state index contributed by atoms with van der Waals surface area (Å²) in [5, 5.41) is 3.33. The predicted octanol–water partition coefficient (Wildman–Crippen LogP) is 4.83. The summed E-state index contributed by atoms with van der Waals surface area (Å²) in [6.07, 6.45) is 6.66. The van der Waals surface area contributed by atoms with E-state index in [-0.39, 0.29) is 25.9 Å². The number of piperidine rings is 2. The monoisotopic (exact) mass is 626 g/mol. The second-order valence-electron chi connectivity index (χ2n) is 9.09. The van der Waals surface area contributed by atoms with E-state index in [1.165, 1.54) is 16.1 Å². The maximum atomic E-state index is 11.4. The van der Waals surface area contributed by atoms with Gasteiger partial charge in [-0.25, -0.2) is 21.1 Å². The topological polar surface area (TPSA) is 102 Å². The molecule has 0 unspecified atom stereocenters. The second-order valence-corrected chi connectivity index (χ2v) is 14.1. The molecule has 4 rings (SSSR count). The van der Waals surface area contributed by atoms with Crippen LogP contribution in [0.15, 0.2) is 60.7 Å². The lowest BCUT2D eigenvalue weighted by atomic mass is 10.1. The molecule has 2 aliphatic heterocycles. The second kappa shape index (κ2) is 19.8. The van der Waals surface area contributed by atoms with Gasteiger partial charge in [0, 0.05) is 23.8 Å². The summed E-state index contributed by atoms with van der Waals surface area (Å²) in [5.74, 6) is 0. The first kappa shape index (κ1) is 37.8. The average Bonchev–Trinajstić information content (AvgIpc) is 2.87. The van der Waals surface area contributed by atoms with E-state index in [2.05, 4.69) is 40.3 Å². The quantitative estimate of drug-likeness (QED) is 0.439. The van der Waals surface area contributed by atoms with Gasteiger partial charge in [-0.15, -0.1) is 12.4 Å². The Kier molecular flexibility index (Phi) is 19.1. The zero-order valence-electron chi connectivity index (χ0n) is 22.0. The van der Waals surface area contributed by atoms with Crippen LogP contribution >= 0.6 is 23.1 Å². The Morgan fingerprint density at radius 1 is 0.769 bits per heavy atom. The minimum Gasteiger partial charge on any atom is -0.373 e. The smallest absolute Gasteiger partial charge is 0.229 e. The molecule has 0 amide bonds. The third kappa shape index (κ3) is 18.7. The minimum atomic E-state index is -3.19. The standard InChI is InChI=1S/C13H19NO3S.C12H17NO.CH3ClO2S.CH4.ClH/c1-18(15,16)14-9-7-13(8-10-14)17-11-12-5-3-2-4-6-12;1-2-4-11(5-3-1)10-14-12-6-8-13-9-7-12;1-5(2,3)4;;/h2-6,13H,7-11H2,1H3;1-5,12-13H,6-10H2;1H3;1H4;1H. The van der Waals surface area contributed by atoms with Gasteiger partial charge >= 0.3 is 0 Å². The van der Waals surface area contributed by atoms with Crippen LogP contribution in [0.2, 0.25) is 0 Å². The van der Waals surface area contributed by atoms with Crippen LogP contribution in [0.1, 0.15) is 44.2 Å². The summed E-state index contributed by atoms with van der Waals surface area (Å²) >= 11 is 0. The molecular formula is C27H44Cl2N2O6S2. The van der Waals surface area contributed by atoms with Crippen molar-refractivity contribution in [3.8, 4) is 0 Å². The number of rotatable bonds is 7. The molecule has 12 heteroatoms. The molecule has 2 aromatic rings. The number of nitrogens with one attached hydrogen (secondary N) is 1. The molecule has 0 saturated carbocycles. The van der Waals surface area contributed by atoms with Crippen molar-refractivity contribution in [1.29, 1.82) is 0 Å². The molecule has 0 spiro atoms. The van der Waals surface area contributed by atoms with E-state index in [9.17, 15) is 16.8 Å². The van der Waals surface area contributed by atoms with Gasteiger partial charge in [-0.3, -0.25) is 0 Å². The highest BCUT2D eigenvalue weighted by atomic mass is 35.7. The van der Waals surface area contributed by atoms with Crippen LogP contribution in [0.5, 0.6) is 0 Å². The van der Waals surface area contributed by atoms with Gasteiger partial charge < -0.3 is 14.8 Å². The maximum Gasteiger partial charge on any atom is 0.229 e. The normalized spacial score (nSPS) is 16.8. The fraction of sp³-hybridized carbons (Fsp3) is 0.556. The number of halogens is 2. The summed E-state index contributed by atoms with van der Waals surface area (Å²) in [4.78, 5) is 0. The molecule has 0 aliphatic carbocycles. The first-order chi connectivity index (χ1) is 17.5. The summed E-state index contributed by atoms with van der Waals surface area (Å²) < 4.78 is 54.7. The van der Waals surface area contributed by atoms with Crippen molar-refractivity contribution in [3.05, 3.63) is 71.8 Å². The highest BCUT2D eigenvalue weighted by molar-refractivity contribution is 8.13. The van der Waals surface area contributed by atoms with Crippen molar-refractivity contribution < 1.29 is 26.3 Å². The molecule has 0 radical (unpaired) electrons. The molecule has 1 N–H and O–H groups in total. The Labute approximate surface area is 246 Å². The molecule has 39 heavy (non-hydrogen) atoms. The van der Waals surface area contributed by atoms with E-state index in [1.807, 2.05) is 36.4 Å². The molecule has 2 saturated heterocycles. The molecule has 2 aliphatic rings.